The van der Waals surface area contributed by atoms with Crippen molar-refractivity contribution < 1.29 is 0 Å². The molecule has 3 N–H and O–H groups in total. The molecule has 104 valence electrons. The molecule has 0 aliphatic heterocycles. The molecular weight excluding hydrogens is 260 g/mol. The molecule has 0 saturated carbocycles. The van der Waals surface area contributed by atoms with Crippen LogP contribution < -0.4 is 11.1 Å². The first kappa shape index (κ1) is 13.1. The first-order valence-electron chi connectivity index (χ1n) is 6.78. The van der Waals surface area contributed by atoms with Gasteiger partial charge in [-0.15, -0.1) is 0 Å². The molecule has 2 aromatic carbocycles. The summed E-state index contributed by atoms with van der Waals surface area (Å²) in [5.74, 6) is 0.283. The Morgan fingerprint density at radius 3 is 2.48 bits per heavy atom. The summed E-state index contributed by atoms with van der Waals surface area (Å²) >= 11 is 0. The Morgan fingerprint density at radius 1 is 0.905 bits per heavy atom. The van der Waals surface area contributed by atoms with Crippen molar-refractivity contribution in [3.05, 3.63) is 72.4 Å². The van der Waals surface area contributed by atoms with Crippen LogP contribution in [0, 0.1) is 0 Å². The predicted molar refractivity (Wildman–Crippen MR) is 85.6 cm³/mol. The van der Waals surface area contributed by atoms with Crippen molar-refractivity contribution in [1.29, 1.82) is 0 Å². The Kier molecular flexibility index (Phi) is 3.78. The van der Waals surface area contributed by atoms with E-state index in [2.05, 4.69) is 27.4 Å². The summed E-state index contributed by atoms with van der Waals surface area (Å²) in [6.07, 6.45) is 1.67. The van der Waals surface area contributed by atoms with Crippen molar-refractivity contribution in [2.45, 2.75) is 6.54 Å². The van der Waals surface area contributed by atoms with E-state index in [-0.39, 0.29) is 5.95 Å². The van der Waals surface area contributed by atoms with Crippen LogP contribution in [0.25, 0.3) is 11.3 Å². The van der Waals surface area contributed by atoms with Crippen LogP contribution in [0.15, 0.2) is 66.9 Å². The molecule has 0 atom stereocenters. The maximum absolute atomic E-state index is 5.67. The number of rotatable bonds is 4. The second-order valence-electron chi connectivity index (χ2n) is 4.68. The second-order valence-corrected chi connectivity index (χ2v) is 4.68. The Morgan fingerprint density at radius 2 is 1.67 bits per heavy atom. The van der Waals surface area contributed by atoms with Crippen LogP contribution in [0.1, 0.15) is 5.56 Å². The minimum atomic E-state index is 0.283. The van der Waals surface area contributed by atoms with E-state index in [9.17, 15) is 0 Å². The SMILES string of the molecule is Nc1nccc(-c2ccccc2NCc2ccccc2)n1. The molecule has 1 aromatic heterocycles. The van der Waals surface area contributed by atoms with Gasteiger partial charge >= 0.3 is 0 Å². The summed E-state index contributed by atoms with van der Waals surface area (Å²) in [6, 6.07) is 20.2. The lowest BCUT2D eigenvalue weighted by atomic mass is 10.1. The van der Waals surface area contributed by atoms with E-state index in [1.54, 1.807) is 6.20 Å². The summed E-state index contributed by atoms with van der Waals surface area (Å²) in [6.45, 7) is 0.762. The summed E-state index contributed by atoms with van der Waals surface area (Å²) in [4.78, 5) is 8.22. The largest absolute Gasteiger partial charge is 0.380 e. The minimum absolute atomic E-state index is 0.283. The molecule has 21 heavy (non-hydrogen) atoms. The van der Waals surface area contributed by atoms with Crippen molar-refractivity contribution in [2.75, 3.05) is 11.1 Å². The highest BCUT2D eigenvalue weighted by Crippen LogP contribution is 2.26. The number of hydrogen-bond acceptors (Lipinski definition) is 4. The van der Waals surface area contributed by atoms with E-state index in [0.29, 0.717) is 0 Å². The number of nitrogens with two attached hydrogens (primary N) is 1. The maximum Gasteiger partial charge on any atom is 0.220 e. The molecule has 3 aromatic rings. The Hall–Kier alpha value is -2.88. The maximum atomic E-state index is 5.67. The zero-order chi connectivity index (χ0) is 14.5. The summed E-state index contributed by atoms with van der Waals surface area (Å²) < 4.78 is 0. The standard InChI is InChI=1S/C17H16N4/c18-17-19-11-10-16(21-17)14-8-4-5-9-15(14)20-12-13-6-2-1-3-7-13/h1-11,20H,12H2,(H2,18,19,21). The normalized spacial score (nSPS) is 10.3. The summed E-state index contributed by atoms with van der Waals surface area (Å²) in [5.41, 5.74) is 9.76. The molecule has 4 nitrogen and oxygen atoms in total. The molecule has 0 unspecified atom stereocenters. The Labute approximate surface area is 123 Å². The number of aromatic nitrogens is 2. The fourth-order valence-corrected chi connectivity index (χ4v) is 2.18. The monoisotopic (exact) mass is 276 g/mol. The predicted octanol–water partition coefficient (Wildman–Crippen LogP) is 3.34. The molecule has 0 saturated heterocycles. The molecule has 1 heterocycles. The van der Waals surface area contributed by atoms with Gasteiger partial charge in [0, 0.05) is 24.0 Å². The molecule has 0 radical (unpaired) electrons. The molecular formula is C17H16N4. The average molecular weight is 276 g/mol. The van der Waals surface area contributed by atoms with Gasteiger partial charge in [-0.2, -0.15) is 0 Å². The third-order valence-electron chi connectivity index (χ3n) is 3.20. The van der Waals surface area contributed by atoms with Crippen molar-refractivity contribution in [3.63, 3.8) is 0 Å². The highest BCUT2D eigenvalue weighted by atomic mass is 15.0. The highest BCUT2D eigenvalue weighted by Gasteiger charge is 2.06. The number of anilines is 2. The number of nitrogens with zero attached hydrogens (tertiary/aromatic N) is 2. The van der Waals surface area contributed by atoms with Crippen LogP contribution >= 0.6 is 0 Å². The van der Waals surface area contributed by atoms with Gasteiger partial charge in [0.05, 0.1) is 5.69 Å². The van der Waals surface area contributed by atoms with E-state index in [4.69, 9.17) is 5.73 Å². The Bertz CT molecular complexity index is 726. The molecule has 0 aliphatic carbocycles. The zero-order valence-corrected chi connectivity index (χ0v) is 11.5. The molecule has 0 amide bonds. The number of nitrogen functional groups attached to an aromatic ring is 1. The van der Waals surface area contributed by atoms with Gasteiger partial charge in [0.15, 0.2) is 0 Å². The first-order valence-corrected chi connectivity index (χ1v) is 6.78. The van der Waals surface area contributed by atoms with Gasteiger partial charge in [-0.05, 0) is 17.7 Å². The fourth-order valence-electron chi connectivity index (χ4n) is 2.18. The third kappa shape index (κ3) is 3.17. The van der Waals surface area contributed by atoms with E-state index in [1.807, 2.05) is 48.5 Å². The van der Waals surface area contributed by atoms with Gasteiger partial charge in [-0.3, -0.25) is 0 Å². The lowest BCUT2D eigenvalue weighted by Crippen LogP contribution is -2.02. The fraction of sp³-hybridized carbons (Fsp3) is 0.0588. The molecule has 4 heteroatoms. The zero-order valence-electron chi connectivity index (χ0n) is 11.5. The van der Waals surface area contributed by atoms with Crippen LogP contribution in [0.4, 0.5) is 11.6 Å². The van der Waals surface area contributed by atoms with Gasteiger partial charge in [-0.1, -0.05) is 48.5 Å². The van der Waals surface area contributed by atoms with E-state index in [1.165, 1.54) is 5.56 Å². The highest BCUT2D eigenvalue weighted by molar-refractivity contribution is 5.75. The lowest BCUT2D eigenvalue weighted by Gasteiger charge is -2.12. The lowest BCUT2D eigenvalue weighted by molar-refractivity contribution is 1.14. The first-order chi connectivity index (χ1) is 10.3. The van der Waals surface area contributed by atoms with E-state index < -0.39 is 0 Å². The summed E-state index contributed by atoms with van der Waals surface area (Å²) in [5, 5.41) is 3.45. The van der Waals surface area contributed by atoms with Crippen LogP contribution in [-0.4, -0.2) is 9.97 Å². The van der Waals surface area contributed by atoms with E-state index in [0.717, 1.165) is 23.5 Å². The van der Waals surface area contributed by atoms with Gasteiger partial charge < -0.3 is 11.1 Å². The molecule has 0 fully saturated rings. The van der Waals surface area contributed by atoms with Crippen molar-refractivity contribution in [3.8, 4) is 11.3 Å². The van der Waals surface area contributed by atoms with Gasteiger partial charge in [-0.25, -0.2) is 9.97 Å². The van der Waals surface area contributed by atoms with Gasteiger partial charge in [0.1, 0.15) is 0 Å². The minimum Gasteiger partial charge on any atom is -0.380 e. The van der Waals surface area contributed by atoms with Crippen LogP contribution in [0.3, 0.4) is 0 Å². The Balaban J connectivity index is 1.86. The topological polar surface area (TPSA) is 63.8 Å². The van der Waals surface area contributed by atoms with Crippen molar-refractivity contribution in [2.24, 2.45) is 0 Å². The quantitative estimate of drug-likeness (QED) is 0.767. The molecule has 0 spiro atoms. The van der Waals surface area contributed by atoms with Crippen LogP contribution in [0.2, 0.25) is 0 Å². The van der Waals surface area contributed by atoms with E-state index >= 15 is 0 Å². The molecule has 3 rings (SSSR count). The number of para-hydroxylation sites is 1. The number of nitrogens with one attached hydrogen (secondary N) is 1. The van der Waals surface area contributed by atoms with Gasteiger partial charge in [0.25, 0.3) is 0 Å². The van der Waals surface area contributed by atoms with Gasteiger partial charge in [0.2, 0.25) is 5.95 Å². The van der Waals surface area contributed by atoms with Crippen LogP contribution in [-0.2, 0) is 6.54 Å². The summed E-state index contributed by atoms with van der Waals surface area (Å²) in [7, 11) is 0. The number of benzene rings is 2. The number of hydrogen-bond donors (Lipinski definition) is 2. The average Bonchev–Trinajstić information content (AvgIpc) is 2.54. The molecule has 0 bridgehead atoms. The van der Waals surface area contributed by atoms with Crippen LogP contribution in [0.5, 0.6) is 0 Å². The third-order valence-corrected chi connectivity index (χ3v) is 3.20. The van der Waals surface area contributed by atoms with Crippen molar-refractivity contribution >= 4 is 11.6 Å². The molecule has 0 aliphatic rings. The smallest absolute Gasteiger partial charge is 0.220 e. The second kappa shape index (κ2) is 6.05. The van der Waals surface area contributed by atoms with Crippen molar-refractivity contribution in [1.82, 2.24) is 9.97 Å².